The minimum atomic E-state index is -0.561. The van der Waals surface area contributed by atoms with Crippen molar-refractivity contribution in [1.29, 1.82) is 0 Å². The topological polar surface area (TPSA) is 67.4 Å². The zero-order valence-electron chi connectivity index (χ0n) is 11.5. The van der Waals surface area contributed by atoms with E-state index in [1.165, 1.54) is 7.11 Å². The van der Waals surface area contributed by atoms with Crippen molar-refractivity contribution in [3.05, 3.63) is 0 Å². The van der Waals surface area contributed by atoms with Crippen molar-refractivity contribution in [3.63, 3.8) is 0 Å². The first-order valence-electron chi connectivity index (χ1n) is 6.26. The molecule has 0 unspecified atom stereocenters. The lowest BCUT2D eigenvalue weighted by molar-refractivity contribution is -0.142. The summed E-state index contributed by atoms with van der Waals surface area (Å²) >= 11 is 1.63. The van der Waals surface area contributed by atoms with Gasteiger partial charge in [0.25, 0.3) is 0 Å². The van der Waals surface area contributed by atoms with Gasteiger partial charge >= 0.3 is 12.0 Å². The SMILES string of the molecule is CCCCCNC(=O)N[C@@H](CCSC)C(=O)OC. The van der Waals surface area contributed by atoms with Crippen molar-refractivity contribution < 1.29 is 14.3 Å². The van der Waals surface area contributed by atoms with Gasteiger partial charge in [0.2, 0.25) is 0 Å². The van der Waals surface area contributed by atoms with E-state index in [0.29, 0.717) is 13.0 Å². The Kier molecular flexibility index (Phi) is 10.6. The molecule has 0 bridgehead atoms. The highest BCUT2D eigenvalue weighted by Gasteiger charge is 2.20. The zero-order valence-corrected chi connectivity index (χ0v) is 12.3. The number of carbonyl (C=O) groups is 2. The van der Waals surface area contributed by atoms with Gasteiger partial charge in [-0.3, -0.25) is 0 Å². The molecule has 0 aromatic carbocycles. The lowest BCUT2D eigenvalue weighted by Crippen LogP contribution is -2.46. The largest absolute Gasteiger partial charge is 0.467 e. The number of methoxy groups -OCH3 is 1. The molecule has 0 saturated heterocycles. The number of nitrogens with one attached hydrogen (secondary N) is 2. The van der Waals surface area contributed by atoms with Crippen LogP contribution in [0.15, 0.2) is 0 Å². The van der Waals surface area contributed by atoms with Gasteiger partial charge in [-0.05, 0) is 24.9 Å². The summed E-state index contributed by atoms with van der Waals surface area (Å²) in [6.45, 7) is 2.74. The average Bonchev–Trinajstić information content (AvgIpc) is 2.38. The first-order valence-corrected chi connectivity index (χ1v) is 7.66. The van der Waals surface area contributed by atoms with Gasteiger partial charge in [0.05, 0.1) is 7.11 Å². The Morgan fingerprint density at radius 1 is 1.33 bits per heavy atom. The van der Waals surface area contributed by atoms with Gasteiger partial charge in [-0.1, -0.05) is 19.8 Å². The lowest BCUT2D eigenvalue weighted by atomic mass is 10.2. The molecule has 18 heavy (non-hydrogen) atoms. The lowest BCUT2D eigenvalue weighted by Gasteiger charge is -2.16. The summed E-state index contributed by atoms with van der Waals surface area (Å²) in [7, 11) is 1.33. The Balaban J connectivity index is 3.98. The van der Waals surface area contributed by atoms with Gasteiger partial charge in [-0.2, -0.15) is 11.8 Å². The van der Waals surface area contributed by atoms with Crippen LogP contribution in [0.3, 0.4) is 0 Å². The number of esters is 1. The molecule has 0 aliphatic carbocycles. The highest BCUT2D eigenvalue weighted by Crippen LogP contribution is 2.02. The quantitative estimate of drug-likeness (QED) is 0.497. The van der Waals surface area contributed by atoms with Gasteiger partial charge in [0.1, 0.15) is 6.04 Å². The van der Waals surface area contributed by atoms with Crippen LogP contribution in [0, 0.1) is 0 Å². The van der Waals surface area contributed by atoms with Gasteiger partial charge in [0, 0.05) is 6.54 Å². The number of ether oxygens (including phenoxy) is 1. The molecule has 0 aliphatic heterocycles. The third-order valence-electron chi connectivity index (χ3n) is 2.47. The molecular weight excluding hydrogens is 252 g/mol. The predicted molar refractivity (Wildman–Crippen MR) is 74.9 cm³/mol. The maximum atomic E-state index is 11.6. The molecule has 0 aromatic rings. The van der Waals surface area contributed by atoms with Gasteiger partial charge in [0.15, 0.2) is 0 Å². The molecular formula is C12H24N2O3S. The molecule has 0 heterocycles. The fourth-order valence-electron chi connectivity index (χ4n) is 1.41. The molecule has 0 aliphatic rings. The van der Waals surface area contributed by atoms with Crippen LogP contribution in [-0.4, -0.2) is 43.7 Å². The van der Waals surface area contributed by atoms with Crippen LogP contribution >= 0.6 is 11.8 Å². The monoisotopic (exact) mass is 276 g/mol. The molecule has 0 aromatic heterocycles. The van der Waals surface area contributed by atoms with Gasteiger partial charge in [-0.25, -0.2) is 9.59 Å². The fourth-order valence-corrected chi connectivity index (χ4v) is 1.88. The van der Waals surface area contributed by atoms with Crippen LogP contribution in [0.5, 0.6) is 0 Å². The highest BCUT2D eigenvalue weighted by molar-refractivity contribution is 7.98. The van der Waals surface area contributed by atoms with Crippen LogP contribution in [0.25, 0.3) is 0 Å². The molecule has 2 N–H and O–H groups in total. The van der Waals surface area contributed by atoms with Crippen LogP contribution in [0.1, 0.15) is 32.6 Å². The van der Waals surface area contributed by atoms with E-state index in [4.69, 9.17) is 0 Å². The van der Waals surface area contributed by atoms with Gasteiger partial charge < -0.3 is 15.4 Å². The predicted octanol–water partition coefficient (Wildman–Crippen LogP) is 1.77. The summed E-state index contributed by atoms with van der Waals surface area (Å²) in [6, 6.07) is -0.865. The summed E-state index contributed by atoms with van der Waals surface area (Å²) < 4.78 is 4.66. The number of urea groups is 1. The first kappa shape index (κ1) is 17.1. The Morgan fingerprint density at radius 2 is 2.06 bits per heavy atom. The molecule has 1 atom stereocenters. The third-order valence-corrected chi connectivity index (χ3v) is 3.11. The minimum absolute atomic E-state index is 0.303. The maximum Gasteiger partial charge on any atom is 0.328 e. The standard InChI is InChI=1S/C12H24N2O3S/c1-4-5-6-8-13-12(16)14-10(7-9-18-3)11(15)17-2/h10H,4-9H2,1-3H3,(H2,13,14,16)/t10-/m0/s1. The number of hydrogen-bond acceptors (Lipinski definition) is 4. The number of thioether (sulfide) groups is 1. The summed E-state index contributed by atoms with van der Waals surface area (Å²) in [5.41, 5.74) is 0. The second-order valence-electron chi connectivity index (χ2n) is 3.96. The summed E-state index contributed by atoms with van der Waals surface area (Å²) in [5.74, 6) is 0.406. The Bertz CT molecular complexity index is 249. The molecule has 2 amide bonds. The summed E-state index contributed by atoms with van der Waals surface area (Å²) in [4.78, 5) is 23.0. The Hall–Kier alpha value is -0.910. The van der Waals surface area contributed by atoms with E-state index in [9.17, 15) is 9.59 Å². The highest BCUT2D eigenvalue weighted by atomic mass is 32.2. The van der Waals surface area contributed by atoms with Crippen molar-refractivity contribution in [2.75, 3.05) is 25.7 Å². The number of hydrogen-bond donors (Lipinski definition) is 2. The molecule has 0 fully saturated rings. The van der Waals surface area contributed by atoms with Crippen molar-refractivity contribution in [2.24, 2.45) is 0 Å². The van der Waals surface area contributed by atoms with Crippen LogP contribution in [0.2, 0.25) is 0 Å². The molecule has 0 rings (SSSR count). The molecule has 0 spiro atoms. The molecule has 106 valence electrons. The molecule has 5 nitrogen and oxygen atoms in total. The van der Waals surface area contributed by atoms with E-state index in [0.717, 1.165) is 25.0 Å². The summed E-state index contributed by atoms with van der Waals surface area (Å²) in [5, 5.41) is 5.38. The van der Waals surface area contributed by atoms with E-state index in [1.54, 1.807) is 11.8 Å². The van der Waals surface area contributed by atoms with Crippen molar-refractivity contribution in [2.45, 2.75) is 38.6 Å². The summed E-state index contributed by atoms with van der Waals surface area (Å²) in [6.07, 6.45) is 5.70. The van der Waals surface area contributed by atoms with Crippen LogP contribution in [-0.2, 0) is 9.53 Å². The van der Waals surface area contributed by atoms with E-state index >= 15 is 0 Å². The second kappa shape index (κ2) is 11.2. The molecule has 0 saturated carbocycles. The van der Waals surface area contributed by atoms with Crippen LogP contribution < -0.4 is 10.6 Å². The van der Waals surface area contributed by atoms with Crippen molar-refractivity contribution in [3.8, 4) is 0 Å². The minimum Gasteiger partial charge on any atom is -0.467 e. The molecule has 0 radical (unpaired) electrons. The Morgan fingerprint density at radius 3 is 2.61 bits per heavy atom. The van der Waals surface area contributed by atoms with Crippen LogP contribution in [0.4, 0.5) is 4.79 Å². The first-order chi connectivity index (χ1) is 8.65. The van der Waals surface area contributed by atoms with Gasteiger partial charge in [-0.15, -0.1) is 0 Å². The average molecular weight is 276 g/mol. The normalized spacial score (nSPS) is 11.7. The number of rotatable bonds is 9. The number of amides is 2. The van der Waals surface area contributed by atoms with E-state index < -0.39 is 12.0 Å². The Labute approximate surface area is 113 Å². The number of unbranched alkanes of at least 4 members (excludes halogenated alkanes) is 2. The van der Waals surface area contributed by atoms with Crippen molar-refractivity contribution in [1.82, 2.24) is 10.6 Å². The van der Waals surface area contributed by atoms with E-state index in [1.807, 2.05) is 6.26 Å². The maximum absolute atomic E-state index is 11.6. The smallest absolute Gasteiger partial charge is 0.328 e. The molecule has 6 heteroatoms. The number of carbonyl (C=O) groups excluding carboxylic acids is 2. The zero-order chi connectivity index (χ0) is 13.8. The van der Waals surface area contributed by atoms with E-state index in [-0.39, 0.29) is 6.03 Å². The fraction of sp³-hybridized carbons (Fsp3) is 0.833. The second-order valence-corrected chi connectivity index (χ2v) is 4.95. The third kappa shape index (κ3) is 8.22. The van der Waals surface area contributed by atoms with E-state index in [2.05, 4.69) is 22.3 Å². The van der Waals surface area contributed by atoms with Crippen molar-refractivity contribution >= 4 is 23.8 Å².